The summed E-state index contributed by atoms with van der Waals surface area (Å²) in [5, 5.41) is 9.19. The molecule has 0 aliphatic rings. The summed E-state index contributed by atoms with van der Waals surface area (Å²) in [6.07, 6.45) is 1.42. The predicted molar refractivity (Wildman–Crippen MR) is 79.8 cm³/mol. The summed E-state index contributed by atoms with van der Waals surface area (Å²) >= 11 is 0. The van der Waals surface area contributed by atoms with Gasteiger partial charge >= 0.3 is 0 Å². The van der Waals surface area contributed by atoms with Crippen molar-refractivity contribution in [3.8, 4) is 5.75 Å². The number of carbonyl (C=O) groups excluding carboxylic acids is 1. The normalized spacial score (nSPS) is 12.0. The maximum Gasteiger partial charge on any atom is 0.222 e. The lowest BCUT2D eigenvalue weighted by atomic mass is 10.2. The molecule has 4 nitrogen and oxygen atoms in total. The smallest absolute Gasteiger partial charge is 0.222 e. The minimum Gasteiger partial charge on any atom is -0.494 e. The summed E-state index contributed by atoms with van der Waals surface area (Å²) in [6.45, 7) is 4.89. The molecule has 0 saturated heterocycles. The quantitative estimate of drug-likeness (QED) is 0.743. The fourth-order valence-electron chi connectivity index (χ4n) is 1.81. The summed E-state index contributed by atoms with van der Waals surface area (Å²) in [6, 6.07) is 7.88. The Labute approximate surface area is 121 Å². The van der Waals surface area contributed by atoms with Crippen LogP contribution in [-0.2, 0) is 4.79 Å². The zero-order chi connectivity index (χ0) is 15.0. The molecule has 0 aromatic heterocycles. The molecule has 112 valence electrons. The number of rotatable bonds is 8. The molecule has 1 unspecified atom stereocenters. The maximum atomic E-state index is 11.8. The first-order chi connectivity index (χ1) is 9.49. The van der Waals surface area contributed by atoms with Gasteiger partial charge in [-0.25, -0.2) is 0 Å². The van der Waals surface area contributed by atoms with Crippen molar-refractivity contribution < 1.29 is 14.6 Å². The van der Waals surface area contributed by atoms with Gasteiger partial charge in [0, 0.05) is 20.0 Å². The average molecular weight is 279 g/mol. The van der Waals surface area contributed by atoms with E-state index in [0.717, 1.165) is 11.3 Å². The number of nitrogens with zero attached hydrogens (tertiary/aromatic N) is 1. The van der Waals surface area contributed by atoms with Crippen LogP contribution < -0.4 is 4.74 Å². The molecule has 0 radical (unpaired) electrons. The summed E-state index contributed by atoms with van der Waals surface area (Å²) in [7, 11) is 1.77. The van der Waals surface area contributed by atoms with Crippen molar-refractivity contribution >= 4 is 5.91 Å². The van der Waals surface area contributed by atoms with Gasteiger partial charge in [0.25, 0.3) is 0 Å². The van der Waals surface area contributed by atoms with Crippen molar-refractivity contribution in [2.45, 2.75) is 39.2 Å². The van der Waals surface area contributed by atoms with Gasteiger partial charge in [0.2, 0.25) is 5.91 Å². The topological polar surface area (TPSA) is 49.8 Å². The van der Waals surface area contributed by atoms with Gasteiger partial charge in [-0.3, -0.25) is 4.79 Å². The van der Waals surface area contributed by atoms with E-state index in [1.54, 1.807) is 18.9 Å². The van der Waals surface area contributed by atoms with Crippen molar-refractivity contribution in [2.75, 3.05) is 20.2 Å². The molecule has 1 atom stereocenters. The van der Waals surface area contributed by atoms with Crippen molar-refractivity contribution in [2.24, 2.45) is 0 Å². The number of aliphatic hydroxyl groups excluding tert-OH is 1. The van der Waals surface area contributed by atoms with Crippen molar-refractivity contribution in [1.82, 2.24) is 4.90 Å². The molecule has 1 rings (SSSR count). The third-order valence-corrected chi connectivity index (χ3v) is 3.10. The Morgan fingerprint density at radius 1 is 1.45 bits per heavy atom. The molecule has 0 saturated carbocycles. The number of ether oxygens (including phenoxy) is 1. The Hall–Kier alpha value is -1.55. The Morgan fingerprint density at radius 3 is 2.85 bits per heavy atom. The first-order valence-corrected chi connectivity index (χ1v) is 7.10. The lowest BCUT2D eigenvalue weighted by Gasteiger charge is -2.18. The van der Waals surface area contributed by atoms with Crippen LogP contribution in [0.5, 0.6) is 5.75 Å². The van der Waals surface area contributed by atoms with Crippen LogP contribution >= 0.6 is 0 Å². The van der Waals surface area contributed by atoms with Gasteiger partial charge in [-0.1, -0.05) is 12.1 Å². The number of amides is 1. The Bertz CT molecular complexity index is 418. The SMILES string of the molecule is Cc1cccc(OCCCC(=O)N(C)CCC(C)O)c1. The number of hydrogen-bond donors (Lipinski definition) is 1. The van der Waals surface area contributed by atoms with E-state index in [1.807, 2.05) is 31.2 Å². The molecule has 1 aromatic carbocycles. The van der Waals surface area contributed by atoms with Gasteiger partial charge in [0.1, 0.15) is 5.75 Å². The predicted octanol–water partition coefficient (Wildman–Crippen LogP) is 2.38. The molecular formula is C16H25NO3. The third kappa shape index (κ3) is 6.57. The second-order valence-electron chi connectivity index (χ2n) is 5.22. The van der Waals surface area contributed by atoms with Crippen LogP contribution in [0, 0.1) is 6.92 Å². The van der Waals surface area contributed by atoms with Gasteiger partial charge in [-0.05, 0) is 44.4 Å². The first kappa shape index (κ1) is 16.5. The van der Waals surface area contributed by atoms with E-state index in [0.29, 0.717) is 32.4 Å². The molecule has 0 heterocycles. The molecule has 0 aliphatic heterocycles. The number of aryl methyl sites for hydroxylation is 1. The Balaban J connectivity index is 2.18. The lowest BCUT2D eigenvalue weighted by Crippen LogP contribution is -2.29. The van der Waals surface area contributed by atoms with Crippen LogP contribution in [0.15, 0.2) is 24.3 Å². The first-order valence-electron chi connectivity index (χ1n) is 7.10. The highest BCUT2D eigenvalue weighted by atomic mass is 16.5. The van der Waals surface area contributed by atoms with Gasteiger partial charge in [-0.15, -0.1) is 0 Å². The van der Waals surface area contributed by atoms with Gasteiger partial charge in [0.15, 0.2) is 0 Å². The highest BCUT2D eigenvalue weighted by Gasteiger charge is 2.09. The van der Waals surface area contributed by atoms with E-state index in [1.165, 1.54) is 0 Å². The van der Waals surface area contributed by atoms with Gasteiger partial charge in [-0.2, -0.15) is 0 Å². The van der Waals surface area contributed by atoms with E-state index in [9.17, 15) is 9.90 Å². The third-order valence-electron chi connectivity index (χ3n) is 3.10. The highest BCUT2D eigenvalue weighted by molar-refractivity contribution is 5.75. The molecular weight excluding hydrogens is 254 g/mol. The monoisotopic (exact) mass is 279 g/mol. The van der Waals surface area contributed by atoms with Crippen LogP contribution in [-0.4, -0.2) is 42.2 Å². The van der Waals surface area contributed by atoms with Gasteiger partial charge in [0.05, 0.1) is 12.7 Å². The summed E-state index contributed by atoms with van der Waals surface area (Å²) in [5.74, 6) is 0.943. The van der Waals surface area contributed by atoms with Crippen LogP contribution in [0.2, 0.25) is 0 Å². The highest BCUT2D eigenvalue weighted by Crippen LogP contribution is 2.12. The van der Waals surface area contributed by atoms with Gasteiger partial charge < -0.3 is 14.7 Å². The summed E-state index contributed by atoms with van der Waals surface area (Å²) in [4.78, 5) is 13.5. The fourth-order valence-corrected chi connectivity index (χ4v) is 1.81. The molecule has 1 N–H and O–H groups in total. The number of hydrogen-bond acceptors (Lipinski definition) is 3. The standard InChI is InChI=1S/C16H25NO3/c1-13-6-4-7-15(12-13)20-11-5-8-16(19)17(3)10-9-14(2)18/h4,6-7,12,14,18H,5,8-11H2,1-3H3. The van der Waals surface area contributed by atoms with E-state index < -0.39 is 0 Å². The van der Waals surface area contributed by atoms with E-state index >= 15 is 0 Å². The number of aliphatic hydroxyl groups is 1. The van der Waals surface area contributed by atoms with Crippen molar-refractivity contribution in [1.29, 1.82) is 0 Å². The largest absolute Gasteiger partial charge is 0.494 e. The van der Waals surface area contributed by atoms with Crippen LogP contribution in [0.3, 0.4) is 0 Å². The Morgan fingerprint density at radius 2 is 2.20 bits per heavy atom. The van der Waals surface area contributed by atoms with Crippen molar-refractivity contribution in [3.05, 3.63) is 29.8 Å². The van der Waals surface area contributed by atoms with E-state index in [4.69, 9.17) is 4.74 Å². The second-order valence-corrected chi connectivity index (χ2v) is 5.22. The molecule has 1 aromatic rings. The number of carbonyl (C=O) groups is 1. The molecule has 0 bridgehead atoms. The fraction of sp³-hybridized carbons (Fsp3) is 0.562. The molecule has 1 amide bonds. The lowest BCUT2D eigenvalue weighted by molar-refractivity contribution is -0.130. The van der Waals surface area contributed by atoms with Crippen LogP contribution in [0.4, 0.5) is 0 Å². The van der Waals surface area contributed by atoms with Crippen LogP contribution in [0.25, 0.3) is 0 Å². The van der Waals surface area contributed by atoms with E-state index in [2.05, 4.69) is 0 Å². The average Bonchev–Trinajstić information content (AvgIpc) is 2.40. The second kappa shape index (κ2) is 8.59. The minimum atomic E-state index is -0.366. The Kier molecular flexibility index (Phi) is 7.09. The van der Waals surface area contributed by atoms with Crippen molar-refractivity contribution in [3.63, 3.8) is 0 Å². The zero-order valence-corrected chi connectivity index (χ0v) is 12.6. The van der Waals surface area contributed by atoms with Crippen LogP contribution in [0.1, 0.15) is 31.7 Å². The molecule has 0 fully saturated rings. The summed E-state index contributed by atoms with van der Waals surface area (Å²) in [5.41, 5.74) is 1.16. The molecule has 4 heteroatoms. The maximum absolute atomic E-state index is 11.8. The number of benzene rings is 1. The molecule has 0 aliphatic carbocycles. The minimum absolute atomic E-state index is 0.0958. The summed E-state index contributed by atoms with van der Waals surface area (Å²) < 4.78 is 5.60. The molecule has 0 spiro atoms. The zero-order valence-electron chi connectivity index (χ0n) is 12.6. The molecule has 20 heavy (non-hydrogen) atoms. The van der Waals surface area contributed by atoms with E-state index in [-0.39, 0.29) is 12.0 Å².